The SMILES string of the molecule is CCc1ccc(NN=C2CC(=O)NC(=O)N2)cc1. The first kappa shape index (κ1) is 12.1. The molecule has 1 saturated heterocycles. The van der Waals surface area contributed by atoms with Crippen molar-refractivity contribution in [3.63, 3.8) is 0 Å². The Bertz CT molecular complexity index is 475. The van der Waals surface area contributed by atoms with Crippen LogP contribution in [0, 0.1) is 0 Å². The van der Waals surface area contributed by atoms with Gasteiger partial charge in [-0.05, 0) is 24.1 Å². The molecule has 0 radical (unpaired) electrons. The van der Waals surface area contributed by atoms with Gasteiger partial charge in [0.25, 0.3) is 0 Å². The zero-order valence-electron chi connectivity index (χ0n) is 9.99. The van der Waals surface area contributed by atoms with Gasteiger partial charge in [-0.2, -0.15) is 5.10 Å². The van der Waals surface area contributed by atoms with Gasteiger partial charge >= 0.3 is 6.03 Å². The summed E-state index contributed by atoms with van der Waals surface area (Å²) in [5.74, 6) is -0.0519. The summed E-state index contributed by atoms with van der Waals surface area (Å²) in [5, 5.41) is 8.56. The lowest BCUT2D eigenvalue weighted by atomic mass is 10.2. The molecule has 1 aliphatic rings. The Morgan fingerprint density at radius 1 is 1.22 bits per heavy atom. The smallest absolute Gasteiger partial charge is 0.294 e. The standard InChI is InChI=1S/C12H14N4O2/c1-2-8-3-5-9(6-4-8)15-16-10-7-11(17)14-12(18)13-10/h3-6,15H,2,7H2,1H3,(H2,13,14,16,17,18). The van der Waals surface area contributed by atoms with Gasteiger partial charge in [-0.3, -0.25) is 20.9 Å². The average Bonchev–Trinajstić information content (AvgIpc) is 2.36. The summed E-state index contributed by atoms with van der Waals surface area (Å²) in [6.45, 7) is 2.08. The Morgan fingerprint density at radius 3 is 2.56 bits per heavy atom. The maximum Gasteiger partial charge on any atom is 0.326 e. The van der Waals surface area contributed by atoms with Crippen molar-refractivity contribution in [3.05, 3.63) is 29.8 Å². The van der Waals surface area contributed by atoms with E-state index in [0.29, 0.717) is 5.84 Å². The molecule has 6 nitrogen and oxygen atoms in total. The highest BCUT2D eigenvalue weighted by Crippen LogP contribution is 2.10. The number of urea groups is 1. The molecule has 94 valence electrons. The van der Waals surface area contributed by atoms with E-state index in [-0.39, 0.29) is 12.3 Å². The molecule has 0 spiro atoms. The first-order chi connectivity index (χ1) is 8.67. The van der Waals surface area contributed by atoms with Gasteiger partial charge in [0.2, 0.25) is 5.91 Å². The van der Waals surface area contributed by atoms with Crippen LogP contribution in [-0.4, -0.2) is 17.8 Å². The molecule has 1 aromatic rings. The number of imide groups is 1. The topological polar surface area (TPSA) is 82.6 Å². The van der Waals surface area contributed by atoms with Gasteiger partial charge in [0.05, 0.1) is 12.1 Å². The van der Waals surface area contributed by atoms with E-state index in [1.165, 1.54) is 5.56 Å². The number of rotatable bonds is 3. The molecule has 1 heterocycles. The van der Waals surface area contributed by atoms with E-state index in [0.717, 1.165) is 12.1 Å². The summed E-state index contributed by atoms with van der Waals surface area (Å²) in [7, 11) is 0. The molecule has 3 N–H and O–H groups in total. The summed E-state index contributed by atoms with van der Waals surface area (Å²) in [6, 6.07) is 7.23. The quantitative estimate of drug-likeness (QED) is 0.701. The fourth-order valence-electron chi connectivity index (χ4n) is 1.54. The predicted molar refractivity (Wildman–Crippen MR) is 68.2 cm³/mol. The summed E-state index contributed by atoms with van der Waals surface area (Å²) in [5.41, 5.74) is 4.84. The zero-order chi connectivity index (χ0) is 13.0. The number of anilines is 1. The van der Waals surface area contributed by atoms with E-state index >= 15 is 0 Å². The number of nitrogens with one attached hydrogen (secondary N) is 3. The van der Waals surface area contributed by atoms with Gasteiger partial charge in [0, 0.05) is 0 Å². The lowest BCUT2D eigenvalue weighted by Gasteiger charge is -2.14. The second-order valence-corrected chi connectivity index (χ2v) is 3.90. The Balaban J connectivity index is 2.00. The normalized spacial score (nSPS) is 17.3. The van der Waals surface area contributed by atoms with E-state index < -0.39 is 6.03 Å². The molecule has 2 rings (SSSR count). The third-order valence-corrected chi connectivity index (χ3v) is 2.52. The van der Waals surface area contributed by atoms with Crippen molar-refractivity contribution >= 4 is 23.5 Å². The summed E-state index contributed by atoms with van der Waals surface area (Å²) < 4.78 is 0. The zero-order valence-corrected chi connectivity index (χ0v) is 9.99. The predicted octanol–water partition coefficient (Wildman–Crippen LogP) is 1.20. The van der Waals surface area contributed by atoms with Crippen molar-refractivity contribution < 1.29 is 9.59 Å². The maximum absolute atomic E-state index is 11.1. The van der Waals surface area contributed by atoms with Crippen LogP contribution in [0.1, 0.15) is 18.9 Å². The lowest BCUT2D eigenvalue weighted by molar-refractivity contribution is -0.119. The maximum atomic E-state index is 11.1. The first-order valence-electron chi connectivity index (χ1n) is 5.69. The number of amides is 3. The number of carbonyl (C=O) groups is 2. The Hall–Kier alpha value is -2.37. The van der Waals surface area contributed by atoms with E-state index in [4.69, 9.17) is 0 Å². The molecule has 18 heavy (non-hydrogen) atoms. The van der Waals surface area contributed by atoms with E-state index in [1.54, 1.807) is 0 Å². The van der Waals surface area contributed by atoms with E-state index in [9.17, 15) is 9.59 Å². The van der Waals surface area contributed by atoms with Crippen molar-refractivity contribution in [2.24, 2.45) is 5.10 Å². The number of aryl methyl sites for hydroxylation is 1. The Kier molecular flexibility index (Phi) is 3.57. The molecule has 0 bridgehead atoms. The highest BCUT2D eigenvalue weighted by atomic mass is 16.2. The van der Waals surface area contributed by atoms with Crippen LogP contribution in [0.2, 0.25) is 0 Å². The van der Waals surface area contributed by atoms with Crippen LogP contribution in [0.5, 0.6) is 0 Å². The monoisotopic (exact) mass is 246 g/mol. The molecule has 0 atom stereocenters. The Labute approximate surface area is 104 Å². The minimum absolute atomic E-state index is 0.0613. The number of amidine groups is 1. The number of nitrogens with zero attached hydrogens (tertiary/aromatic N) is 1. The number of carbonyl (C=O) groups excluding carboxylic acids is 2. The number of hydrogen-bond donors (Lipinski definition) is 3. The van der Waals surface area contributed by atoms with Crippen LogP contribution in [0.25, 0.3) is 0 Å². The van der Waals surface area contributed by atoms with Crippen LogP contribution < -0.4 is 16.1 Å². The second kappa shape index (κ2) is 5.31. The molecule has 0 aromatic heterocycles. The van der Waals surface area contributed by atoms with Crippen molar-refractivity contribution in [1.29, 1.82) is 0 Å². The van der Waals surface area contributed by atoms with Gasteiger partial charge in [0.15, 0.2) is 0 Å². The molecule has 0 saturated carbocycles. The van der Waals surface area contributed by atoms with E-state index in [2.05, 4.69) is 28.1 Å². The van der Waals surface area contributed by atoms with E-state index in [1.807, 2.05) is 24.3 Å². The molecule has 1 fully saturated rings. The van der Waals surface area contributed by atoms with Crippen LogP contribution in [-0.2, 0) is 11.2 Å². The molecule has 0 unspecified atom stereocenters. The largest absolute Gasteiger partial charge is 0.326 e. The van der Waals surface area contributed by atoms with Crippen LogP contribution in [0.15, 0.2) is 29.4 Å². The second-order valence-electron chi connectivity index (χ2n) is 3.90. The van der Waals surface area contributed by atoms with Crippen molar-refractivity contribution in [1.82, 2.24) is 10.6 Å². The van der Waals surface area contributed by atoms with Gasteiger partial charge < -0.3 is 0 Å². The molecular formula is C12H14N4O2. The van der Waals surface area contributed by atoms with Crippen molar-refractivity contribution in [3.8, 4) is 0 Å². The number of hydrazone groups is 1. The molecule has 3 amide bonds. The summed E-state index contributed by atoms with van der Waals surface area (Å²) >= 11 is 0. The van der Waals surface area contributed by atoms with Crippen LogP contribution in [0.4, 0.5) is 10.5 Å². The fraction of sp³-hybridized carbons (Fsp3) is 0.250. The highest BCUT2D eigenvalue weighted by Gasteiger charge is 2.19. The number of benzene rings is 1. The van der Waals surface area contributed by atoms with Crippen molar-refractivity contribution in [2.45, 2.75) is 19.8 Å². The molecule has 1 aromatic carbocycles. The van der Waals surface area contributed by atoms with Crippen LogP contribution in [0.3, 0.4) is 0 Å². The summed E-state index contributed by atoms with van der Waals surface area (Å²) in [6.07, 6.45) is 1.04. The number of hydrogen-bond acceptors (Lipinski definition) is 4. The summed E-state index contributed by atoms with van der Waals surface area (Å²) in [4.78, 5) is 22.1. The minimum atomic E-state index is -0.548. The minimum Gasteiger partial charge on any atom is -0.294 e. The lowest BCUT2D eigenvalue weighted by Crippen LogP contribution is -2.50. The van der Waals surface area contributed by atoms with Gasteiger partial charge in [0.1, 0.15) is 5.84 Å². The molecule has 1 aliphatic heterocycles. The van der Waals surface area contributed by atoms with Gasteiger partial charge in [-0.15, -0.1) is 0 Å². The fourth-order valence-corrected chi connectivity index (χ4v) is 1.54. The average molecular weight is 246 g/mol. The molecule has 6 heteroatoms. The third-order valence-electron chi connectivity index (χ3n) is 2.52. The first-order valence-corrected chi connectivity index (χ1v) is 5.69. The van der Waals surface area contributed by atoms with Crippen molar-refractivity contribution in [2.75, 3.05) is 5.43 Å². The molecular weight excluding hydrogens is 232 g/mol. The van der Waals surface area contributed by atoms with Gasteiger partial charge in [-0.1, -0.05) is 19.1 Å². The van der Waals surface area contributed by atoms with Crippen LogP contribution >= 0.6 is 0 Å². The third kappa shape index (κ3) is 3.07. The Morgan fingerprint density at radius 2 is 1.94 bits per heavy atom. The van der Waals surface area contributed by atoms with Gasteiger partial charge in [-0.25, -0.2) is 4.79 Å². The molecule has 0 aliphatic carbocycles. The highest BCUT2D eigenvalue weighted by molar-refractivity contribution is 6.16.